The molecule has 1 heterocycles. The number of amides is 3. The second-order valence-electron chi connectivity index (χ2n) is 6.69. The highest BCUT2D eigenvalue weighted by atomic mass is 19.1. The molecule has 8 heteroatoms. The molecule has 0 radical (unpaired) electrons. The third-order valence-electron chi connectivity index (χ3n) is 4.70. The molecule has 0 saturated carbocycles. The van der Waals surface area contributed by atoms with Gasteiger partial charge in [-0.15, -0.1) is 0 Å². The normalized spacial score (nSPS) is 18.9. The van der Waals surface area contributed by atoms with E-state index in [-0.39, 0.29) is 30.2 Å². The van der Waals surface area contributed by atoms with E-state index in [2.05, 4.69) is 16.0 Å². The number of piperidine rings is 1. The van der Waals surface area contributed by atoms with Crippen LogP contribution in [0.4, 0.5) is 19.3 Å². The van der Waals surface area contributed by atoms with Gasteiger partial charge in [0.25, 0.3) is 0 Å². The number of halogens is 2. The molecule has 1 aliphatic rings. The number of aryl methyl sites for hydroxylation is 1. The van der Waals surface area contributed by atoms with Crippen molar-refractivity contribution in [2.24, 2.45) is 0 Å². The number of anilines is 1. The smallest absolute Gasteiger partial charge is 0.319 e. The molecule has 2 atom stereocenters. The average Bonchev–Trinajstić information content (AvgIpc) is 2.64. The van der Waals surface area contributed by atoms with Crippen molar-refractivity contribution in [3.05, 3.63) is 59.2 Å². The highest BCUT2D eigenvalue weighted by molar-refractivity contribution is 5.90. The molecule has 1 aliphatic heterocycles. The van der Waals surface area contributed by atoms with Crippen molar-refractivity contribution in [2.75, 3.05) is 19.0 Å². The Kier molecular flexibility index (Phi) is 5.77. The number of benzene rings is 2. The van der Waals surface area contributed by atoms with E-state index in [1.807, 2.05) is 19.1 Å². The molecule has 0 aliphatic carbocycles. The summed E-state index contributed by atoms with van der Waals surface area (Å²) in [5.41, 5.74) is 1.42. The van der Waals surface area contributed by atoms with Gasteiger partial charge in [-0.25, -0.2) is 13.6 Å². The monoisotopic (exact) mass is 389 g/mol. The quantitative estimate of drug-likeness (QED) is 0.752. The molecule has 3 rings (SSSR count). The van der Waals surface area contributed by atoms with Gasteiger partial charge < -0.3 is 20.7 Å². The molecule has 0 aromatic heterocycles. The van der Waals surface area contributed by atoms with Gasteiger partial charge in [0.2, 0.25) is 5.91 Å². The van der Waals surface area contributed by atoms with Crippen LogP contribution in [0.15, 0.2) is 36.4 Å². The first-order chi connectivity index (χ1) is 13.4. The van der Waals surface area contributed by atoms with Crippen LogP contribution in [0.3, 0.4) is 0 Å². The van der Waals surface area contributed by atoms with Gasteiger partial charge in [0.15, 0.2) is 0 Å². The minimum atomic E-state index is -0.788. The third-order valence-corrected chi connectivity index (χ3v) is 4.70. The zero-order chi connectivity index (χ0) is 20.3. The summed E-state index contributed by atoms with van der Waals surface area (Å²) in [5.74, 6) is -2.58. The van der Waals surface area contributed by atoms with Crippen molar-refractivity contribution in [3.8, 4) is 5.75 Å². The van der Waals surface area contributed by atoms with Crippen LogP contribution in [0.25, 0.3) is 0 Å². The van der Waals surface area contributed by atoms with E-state index >= 15 is 0 Å². The fraction of sp³-hybridized carbons (Fsp3) is 0.300. The van der Waals surface area contributed by atoms with Gasteiger partial charge in [-0.1, -0.05) is 17.7 Å². The van der Waals surface area contributed by atoms with Crippen LogP contribution in [0.1, 0.15) is 23.5 Å². The second kappa shape index (κ2) is 8.24. The molecule has 3 N–H and O–H groups in total. The van der Waals surface area contributed by atoms with Crippen molar-refractivity contribution < 1.29 is 23.1 Å². The minimum Gasteiger partial charge on any atom is -0.497 e. The highest BCUT2D eigenvalue weighted by Crippen LogP contribution is 2.31. The predicted octanol–water partition coefficient (Wildman–Crippen LogP) is 3.08. The maximum atomic E-state index is 14.5. The van der Waals surface area contributed by atoms with Crippen molar-refractivity contribution >= 4 is 17.6 Å². The van der Waals surface area contributed by atoms with Crippen LogP contribution in [0, 0.1) is 18.6 Å². The summed E-state index contributed by atoms with van der Waals surface area (Å²) in [6.45, 7) is 1.93. The molecule has 2 aromatic carbocycles. The summed E-state index contributed by atoms with van der Waals surface area (Å²) in [6.07, 6.45) is -0.0864. The van der Waals surface area contributed by atoms with Gasteiger partial charge in [-0.2, -0.15) is 0 Å². The number of hydrogen-bond acceptors (Lipinski definition) is 3. The minimum absolute atomic E-state index is 0.00841. The Balaban J connectivity index is 1.80. The number of nitrogens with one attached hydrogen (secondary N) is 3. The number of hydrogen-bond donors (Lipinski definition) is 3. The van der Waals surface area contributed by atoms with Gasteiger partial charge in [-0.05, 0) is 19.1 Å². The Hall–Kier alpha value is -3.16. The number of carbonyl (C=O) groups excluding carboxylic acids is 2. The van der Waals surface area contributed by atoms with E-state index in [1.54, 1.807) is 12.1 Å². The lowest BCUT2D eigenvalue weighted by atomic mass is 9.86. The fourth-order valence-corrected chi connectivity index (χ4v) is 3.24. The van der Waals surface area contributed by atoms with E-state index in [9.17, 15) is 18.4 Å². The lowest BCUT2D eigenvalue weighted by Gasteiger charge is -2.33. The first kappa shape index (κ1) is 19.6. The van der Waals surface area contributed by atoms with Gasteiger partial charge in [0.05, 0.1) is 7.11 Å². The zero-order valence-electron chi connectivity index (χ0n) is 15.5. The summed E-state index contributed by atoms with van der Waals surface area (Å²) in [4.78, 5) is 24.2. The SMILES string of the molecule is COc1cc(F)c(C2CNC(=O)CC2NC(=O)Nc2ccc(C)cc2)c(F)c1. The number of urea groups is 1. The Morgan fingerprint density at radius 1 is 1.18 bits per heavy atom. The Morgan fingerprint density at radius 2 is 1.82 bits per heavy atom. The highest BCUT2D eigenvalue weighted by Gasteiger charge is 2.35. The first-order valence-electron chi connectivity index (χ1n) is 8.81. The molecule has 28 heavy (non-hydrogen) atoms. The summed E-state index contributed by atoms with van der Waals surface area (Å²) < 4.78 is 33.9. The molecule has 2 aromatic rings. The maximum absolute atomic E-state index is 14.5. The van der Waals surface area contributed by atoms with E-state index in [0.717, 1.165) is 17.7 Å². The molecule has 2 unspecified atom stereocenters. The molecular formula is C20H21F2N3O3. The van der Waals surface area contributed by atoms with Crippen molar-refractivity contribution in [2.45, 2.75) is 25.3 Å². The van der Waals surface area contributed by atoms with Crippen LogP contribution in [0.2, 0.25) is 0 Å². The molecule has 0 bridgehead atoms. The van der Waals surface area contributed by atoms with Crippen LogP contribution < -0.4 is 20.7 Å². The predicted molar refractivity (Wildman–Crippen MR) is 100 cm³/mol. The van der Waals surface area contributed by atoms with Gasteiger partial charge in [0.1, 0.15) is 17.4 Å². The van der Waals surface area contributed by atoms with Crippen LogP contribution in [-0.4, -0.2) is 31.6 Å². The van der Waals surface area contributed by atoms with E-state index < -0.39 is 29.6 Å². The summed E-state index contributed by atoms with van der Waals surface area (Å²) >= 11 is 0. The summed E-state index contributed by atoms with van der Waals surface area (Å²) in [6, 6.07) is 8.00. The number of carbonyl (C=O) groups is 2. The van der Waals surface area contributed by atoms with Crippen LogP contribution in [-0.2, 0) is 4.79 Å². The van der Waals surface area contributed by atoms with E-state index in [4.69, 9.17) is 4.74 Å². The number of methoxy groups -OCH3 is 1. The summed E-state index contributed by atoms with van der Waals surface area (Å²) in [5, 5.41) is 7.93. The average molecular weight is 389 g/mol. The van der Waals surface area contributed by atoms with Crippen LogP contribution >= 0.6 is 0 Å². The van der Waals surface area contributed by atoms with Gasteiger partial charge in [0, 0.05) is 48.3 Å². The number of ether oxygens (including phenoxy) is 1. The molecule has 3 amide bonds. The Bertz CT molecular complexity index is 864. The molecule has 1 fully saturated rings. The largest absolute Gasteiger partial charge is 0.497 e. The Morgan fingerprint density at radius 3 is 2.43 bits per heavy atom. The Labute approximate surface area is 161 Å². The van der Waals surface area contributed by atoms with Crippen molar-refractivity contribution in [1.29, 1.82) is 0 Å². The molecule has 148 valence electrons. The van der Waals surface area contributed by atoms with E-state index in [0.29, 0.717) is 5.69 Å². The lowest BCUT2D eigenvalue weighted by Crippen LogP contribution is -2.51. The topological polar surface area (TPSA) is 79.5 Å². The molecular weight excluding hydrogens is 368 g/mol. The third kappa shape index (κ3) is 4.39. The zero-order valence-corrected chi connectivity index (χ0v) is 15.5. The van der Waals surface area contributed by atoms with Crippen molar-refractivity contribution in [3.63, 3.8) is 0 Å². The van der Waals surface area contributed by atoms with Crippen LogP contribution in [0.5, 0.6) is 5.75 Å². The van der Waals surface area contributed by atoms with E-state index in [1.165, 1.54) is 7.11 Å². The second-order valence-corrected chi connectivity index (χ2v) is 6.69. The maximum Gasteiger partial charge on any atom is 0.319 e. The molecule has 6 nitrogen and oxygen atoms in total. The summed E-state index contributed by atoms with van der Waals surface area (Å²) in [7, 11) is 1.31. The first-order valence-corrected chi connectivity index (χ1v) is 8.81. The fourth-order valence-electron chi connectivity index (χ4n) is 3.24. The standard InChI is InChI=1S/C20H21F2N3O3/c1-11-3-5-12(6-4-11)24-20(27)25-17-9-18(26)23-10-14(17)19-15(21)7-13(28-2)8-16(19)22/h3-8,14,17H,9-10H2,1-2H3,(H,23,26)(H2,24,25,27). The number of rotatable bonds is 4. The lowest BCUT2D eigenvalue weighted by molar-refractivity contribution is -0.123. The molecule has 0 spiro atoms. The molecule has 1 saturated heterocycles. The van der Waals surface area contributed by atoms with Gasteiger partial charge >= 0.3 is 6.03 Å². The van der Waals surface area contributed by atoms with Crippen molar-refractivity contribution in [1.82, 2.24) is 10.6 Å². The van der Waals surface area contributed by atoms with Gasteiger partial charge in [-0.3, -0.25) is 4.79 Å².